The van der Waals surface area contributed by atoms with Crippen LogP contribution in [-0.2, 0) is 30.4 Å². The van der Waals surface area contributed by atoms with E-state index in [1.807, 2.05) is 42.5 Å². The third-order valence-corrected chi connectivity index (χ3v) is 6.65. The lowest BCUT2D eigenvalue weighted by atomic mass is 9.91. The fraction of sp³-hybridized carbons (Fsp3) is 0.429. The third kappa shape index (κ3) is 6.81. The zero-order chi connectivity index (χ0) is 27.7. The molecule has 1 aliphatic rings. The number of carbonyl (C=O) groups is 3. The van der Waals surface area contributed by atoms with Crippen molar-refractivity contribution in [3.63, 3.8) is 0 Å². The average molecular weight is 526 g/mol. The van der Waals surface area contributed by atoms with E-state index in [9.17, 15) is 14.4 Å². The van der Waals surface area contributed by atoms with Crippen LogP contribution in [0.15, 0.2) is 47.6 Å². The Balaban J connectivity index is 1.76. The number of carbonyl (C=O) groups excluding carboxylic acids is 3. The summed E-state index contributed by atoms with van der Waals surface area (Å²) in [5, 5.41) is 6.74. The summed E-state index contributed by atoms with van der Waals surface area (Å²) in [4.78, 5) is 44.1. The lowest BCUT2D eigenvalue weighted by molar-refractivity contribution is -0.144. The molecule has 2 aromatic carbocycles. The molecular formula is C28H35N3O7. The van der Waals surface area contributed by atoms with Gasteiger partial charge < -0.3 is 29.3 Å². The smallest absolute Gasteiger partial charge is 0.328 e. The Morgan fingerprint density at radius 3 is 2.08 bits per heavy atom. The van der Waals surface area contributed by atoms with Gasteiger partial charge >= 0.3 is 5.97 Å². The van der Waals surface area contributed by atoms with Gasteiger partial charge in [-0.2, -0.15) is 0 Å². The van der Waals surface area contributed by atoms with Gasteiger partial charge in [0.1, 0.15) is 30.4 Å². The summed E-state index contributed by atoms with van der Waals surface area (Å²) in [5.41, 5.74) is 2.72. The first kappa shape index (κ1) is 28.5. The van der Waals surface area contributed by atoms with E-state index in [0.717, 1.165) is 16.7 Å². The van der Waals surface area contributed by atoms with Gasteiger partial charge in [0, 0.05) is 32.4 Å². The van der Waals surface area contributed by atoms with Gasteiger partial charge in [-0.25, -0.2) is 4.79 Å². The van der Waals surface area contributed by atoms with Crippen molar-refractivity contribution in [3.05, 3.63) is 48.0 Å². The molecule has 1 atom stereocenters. The third-order valence-electron chi connectivity index (χ3n) is 6.65. The number of amides is 2. The number of nitrogens with one attached hydrogen (secondary N) is 1. The Hall–Kier alpha value is -4.08. The quantitative estimate of drug-likeness (QED) is 0.288. The minimum atomic E-state index is -0.932. The Morgan fingerprint density at radius 2 is 1.58 bits per heavy atom. The molecule has 1 N–H and O–H groups in total. The molecule has 0 radical (unpaired) electrons. The molecule has 0 saturated carbocycles. The maximum Gasteiger partial charge on any atom is 0.328 e. The molecule has 0 bridgehead atoms. The molecule has 0 unspecified atom stereocenters. The highest BCUT2D eigenvalue weighted by Crippen LogP contribution is 2.38. The molecule has 3 rings (SSSR count). The fourth-order valence-electron chi connectivity index (χ4n) is 4.61. The van der Waals surface area contributed by atoms with Crippen LogP contribution in [0.2, 0.25) is 0 Å². The number of esters is 1. The minimum Gasteiger partial charge on any atom is -0.496 e. The van der Waals surface area contributed by atoms with Crippen molar-refractivity contribution >= 4 is 23.5 Å². The Morgan fingerprint density at radius 1 is 0.974 bits per heavy atom. The Labute approximate surface area is 222 Å². The van der Waals surface area contributed by atoms with E-state index < -0.39 is 17.9 Å². The van der Waals surface area contributed by atoms with Crippen LogP contribution in [0, 0.1) is 5.92 Å². The number of hydrogen-bond donors (Lipinski definition) is 1. The van der Waals surface area contributed by atoms with E-state index in [0.29, 0.717) is 37.4 Å². The minimum absolute atomic E-state index is 0.000872. The van der Waals surface area contributed by atoms with Gasteiger partial charge in [-0.3, -0.25) is 9.59 Å². The molecule has 1 saturated heterocycles. The first-order chi connectivity index (χ1) is 18.3. The number of methoxy groups -OCH3 is 3. The largest absolute Gasteiger partial charge is 0.496 e. The SMILES string of the molecule is CON=C(C(=O)N[C@@H](Cc1ccc(-c2c(OC)cccc2OC)cc1)C(=O)OC)C1CCN(C(C)=O)CC1. The predicted molar refractivity (Wildman–Crippen MR) is 142 cm³/mol. The van der Waals surface area contributed by atoms with E-state index in [1.165, 1.54) is 21.1 Å². The molecule has 0 spiro atoms. The number of rotatable bonds is 10. The van der Waals surface area contributed by atoms with Crippen LogP contribution in [0.4, 0.5) is 0 Å². The van der Waals surface area contributed by atoms with Crippen molar-refractivity contribution in [1.82, 2.24) is 10.2 Å². The predicted octanol–water partition coefficient (Wildman–Crippen LogP) is 2.83. The van der Waals surface area contributed by atoms with Crippen molar-refractivity contribution in [1.29, 1.82) is 0 Å². The van der Waals surface area contributed by atoms with Gasteiger partial charge in [0.05, 0.1) is 26.9 Å². The molecule has 38 heavy (non-hydrogen) atoms. The number of nitrogens with zero attached hydrogens (tertiary/aromatic N) is 2. The van der Waals surface area contributed by atoms with Crippen molar-refractivity contribution in [3.8, 4) is 22.6 Å². The van der Waals surface area contributed by atoms with Gasteiger partial charge in [-0.15, -0.1) is 0 Å². The highest BCUT2D eigenvalue weighted by Gasteiger charge is 2.32. The zero-order valence-electron chi connectivity index (χ0n) is 22.5. The molecule has 10 nitrogen and oxygen atoms in total. The second kappa shape index (κ2) is 13.5. The molecule has 2 amide bonds. The van der Waals surface area contributed by atoms with Crippen LogP contribution in [0.5, 0.6) is 11.5 Å². The van der Waals surface area contributed by atoms with Crippen LogP contribution >= 0.6 is 0 Å². The number of benzene rings is 2. The first-order valence-corrected chi connectivity index (χ1v) is 12.4. The van der Waals surface area contributed by atoms with Crippen molar-refractivity contribution < 1.29 is 33.4 Å². The normalized spacial score (nSPS) is 14.9. The molecule has 1 aliphatic heterocycles. The number of likely N-dealkylation sites (tertiary alicyclic amines) is 1. The molecule has 10 heteroatoms. The van der Waals surface area contributed by atoms with Gasteiger partial charge in [0.15, 0.2) is 0 Å². The molecule has 1 fully saturated rings. The summed E-state index contributed by atoms with van der Waals surface area (Å²) in [6, 6.07) is 12.2. The molecule has 2 aromatic rings. The van der Waals surface area contributed by atoms with Gasteiger partial charge in [0.2, 0.25) is 5.91 Å². The van der Waals surface area contributed by atoms with E-state index in [1.54, 1.807) is 19.1 Å². The average Bonchev–Trinajstić information content (AvgIpc) is 2.95. The first-order valence-electron chi connectivity index (χ1n) is 12.4. The number of piperidine rings is 1. The number of hydrogen-bond acceptors (Lipinski definition) is 8. The summed E-state index contributed by atoms with van der Waals surface area (Å²) in [6.45, 7) is 2.58. The zero-order valence-corrected chi connectivity index (χ0v) is 22.5. The van der Waals surface area contributed by atoms with Crippen LogP contribution in [0.3, 0.4) is 0 Å². The summed E-state index contributed by atoms with van der Waals surface area (Å²) < 4.78 is 16.0. The highest BCUT2D eigenvalue weighted by atomic mass is 16.6. The molecule has 204 valence electrons. The van der Waals surface area contributed by atoms with Crippen LogP contribution in [0.25, 0.3) is 11.1 Å². The van der Waals surface area contributed by atoms with E-state index in [2.05, 4.69) is 10.5 Å². The molecule has 0 aromatic heterocycles. The van der Waals surface area contributed by atoms with E-state index in [4.69, 9.17) is 19.0 Å². The van der Waals surface area contributed by atoms with Crippen LogP contribution in [0.1, 0.15) is 25.3 Å². The second-order valence-electron chi connectivity index (χ2n) is 8.93. The topological polar surface area (TPSA) is 116 Å². The van der Waals surface area contributed by atoms with Crippen molar-refractivity contribution in [2.24, 2.45) is 11.1 Å². The Kier molecular flexibility index (Phi) is 10.1. The van der Waals surface area contributed by atoms with Crippen molar-refractivity contribution in [2.75, 3.05) is 41.5 Å². The van der Waals surface area contributed by atoms with Gasteiger partial charge in [-0.1, -0.05) is 35.5 Å². The Bertz CT molecular complexity index is 1130. The van der Waals surface area contributed by atoms with Gasteiger partial charge in [-0.05, 0) is 36.1 Å². The second-order valence-corrected chi connectivity index (χ2v) is 8.93. The van der Waals surface area contributed by atoms with Gasteiger partial charge in [0.25, 0.3) is 5.91 Å². The maximum absolute atomic E-state index is 13.2. The standard InChI is InChI=1S/C28H35N3O7/c1-18(32)31-15-13-21(14-16-31)26(30-38-5)27(33)29-22(28(34)37-4)17-19-9-11-20(12-10-19)25-23(35-2)7-6-8-24(25)36-3/h6-12,21-22H,13-17H2,1-5H3,(H,29,33)/t22-/m0/s1. The maximum atomic E-state index is 13.2. The van der Waals surface area contributed by atoms with Crippen molar-refractivity contribution in [2.45, 2.75) is 32.2 Å². The lowest BCUT2D eigenvalue weighted by Gasteiger charge is -2.31. The summed E-state index contributed by atoms with van der Waals surface area (Å²) in [7, 11) is 5.85. The molecule has 0 aliphatic carbocycles. The fourth-order valence-corrected chi connectivity index (χ4v) is 4.61. The number of ether oxygens (including phenoxy) is 3. The monoisotopic (exact) mass is 525 g/mol. The molecule has 1 heterocycles. The van der Waals surface area contributed by atoms with Crippen LogP contribution < -0.4 is 14.8 Å². The van der Waals surface area contributed by atoms with Crippen LogP contribution in [-0.4, -0.2) is 76.0 Å². The molecular weight excluding hydrogens is 490 g/mol. The lowest BCUT2D eigenvalue weighted by Crippen LogP contribution is -2.49. The number of oxime groups is 1. The highest BCUT2D eigenvalue weighted by molar-refractivity contribution is 6.39. The summed E-state index contributed by atoms with van der Waals surface area (Å²) >= 11 is 0. The summed E-state index contributed by atoms with van der Waals surface area (Å²) in [6.07, 6.45) is 1.36. The summed E-state index contributed by atoms with van der Waals surface area (Å²) in [5.74, 6) is 0.0840. The van der Waals surface area contributed by atoms with E-state index >= 15 is 0 Å². The van der Waals surface area contributed by atoms with E-state index in [-0.39, 0.29) is 24.0 Å².